The number of aryl methyl sites for hydroxylation is 1. The van der Waals surface area contributed by atoms with Gasteiger partial charge < -0.3 is 9.84 Å². The van der Waals surface area contributed by atoms with Gasteiger partial charge in [0.1, 0.15) is 0 Å². The highest BCUT2D eigenvalue weighted by Crippen LogP contribution is 2.21. The molecule has 6 nitrogen and oxygen atoms in total. The summed E-state index contributed by atoms with van der Waals surface area (Å²) in [6.07, 6.45) is 3.86. The molecule has 0 fully saturated rings. The number of rotatable bonds is 5. The van der Waals surface area contributed by atoms with E-state index in [9.17, 15) is 4.79 Å². The molecule has 0 saturated heterocycles. The monoisotopic (exact) mass is 310 g/mol. The molecule has 1 atom stereocenters. The standard InChI is InChI=1S/C17H18N4O2/c1-12-8-10-21(20-12)13(2)11-17(22)19-15-5-3-14(4-6-15)16-7-9-18-23-16/h3-10,13H,11H2,1-2H3,(H,19,22)/t13-/m0/s1. The van der Waals surface area contributed by atoms with Gasteiger partial charge in [-0.3, -0.25) is 9.48 Å². The Labute approximate surface area is 134 Å². The fraction of sp³-hybridized carbons (Fsp3) is 0.235. The Bertz CT molecular complexity index is 775. The molecule has 1 N–H and O–H groups in total. The predicted octanol–water partition coefficient (Wildman–Crippen LogP) is 3.44. The van der Waals surface area contributed by atoms with Crippen LogP contribution in [0.3, 0.4) is 0 Å². The zero-order valence-corrected chi connectivity index (χ0v) is 13.1. The van der Waals surface area contributed by atoms with Gasteiger partial charge in [-0.05, 0) is 44.2 Å². The maximum absolute atomic E-state index is 12.1. The van der Waals surface area contributed by atoms with Crippen molar-refractivity contribution >= 4 is 11.6 Å². The molecule has 0 aliphatic heterocycles. The van der Waals surface area contributed by atoms with E-state index >= 15 is 0 Å². The normalized spacial score (nSPS) is 12.1. The summed E-state index contributed by atoms with van der Waals surface area (Å²) < 4.78 is 6.90. The highest BCUT2D eigenvalue weighted by molar-refractivity contribution is 5.91. The van der Waals surface area contributed by atoms with Crippen LogP contribution in [0.25, 0.3) is 11.3 Å². The van der Waals surface area contributed by atoms with Crippen LogP contribution in [0.15, 0.2) is 53.3 Å². The first-order chi connectivity index (χ1) is 11.1. The number of carbonyl (C=O) groups excluding carboxylic acids is 1. The van der Waals surface area contributed by atoms with Crippen molar-refractivity contribution in [3.63, 3.8) is 0 Å². The number of benzene rings is 1. The third kappa shape index (κ3) is 3.66. The summed E-state index contributed by atoms with van der Waals surface area (Å²) in [5.74, 6) is 0.656. The Hall–Kier alpha value is -2.89. The van der Waals surface area contributed by atoms with E-state index in [4.69, 9.17) is 4.52 Å². The number of nitrogens with zero attached hydrogens (tertiary/aromatic N) is 3. The van der Waals surface area contributed by atoms with Gasteiger partial charge >= 0.3 is 0 Å². The van der Waals surface area contributed by atoms with Gasteiger partial charge in [-0.1, -0.05) is 5.16 Å². The summed E-state index contributed by atoms with van der Waals surface area (Å²) in [6.45, 7) is 3.90. The van der Waals surface area contributed by atoms with E-state index in [-0.39, 0.29) is 11.9 Å². The van der Waals surface area contributed by atoms with E-state index in [1.165, 1.54) is 0 Å². The number of carbonyl (C=O) groups is 1. The maximum Gasteiger partial charge on any atom is 0.226 e. The number of aromatic nitrogens is 3. The summed E-state index contributed by atoms with van der Waals surface area (Å²) in [6, 6.07) is 11.2. The molecule has 1 amide bonds. The van der Waals surface area contributed by atoms with Gasteiger partial charge in [0, 0.05) is 29.9 Å². The van der Waals surface area contributed by atoms with Gasteiger partial charge in [-0.25, -0.2) is 0 Å². The van der Waals surface area contributed by atoms with E-state index in [1.807, 2.05) is 55.1 Å². The van der Waals surface area contributed by atoms with Crippen molar-refractivity contribution in [2.45, 2.75) is 26.3 Å². The third-order valence-electron chi connectivity index (χ3n) is 3.57. The van der Waals surface area contributed by atoms with Crippen LogP contribution < -0.4 is 5.32 Å². The number of hydrogen-bond acceptors (Lipinski definition) is 4. The molecule has 0 bridgehead atoms. The summed E-state index contributed by atoms with van der Waals surface area (Å²) in [7, 11) is 0. The quantitative estimate of drug-likeness (QED) is 0.783. The number of amides is 1. The van der Waals surface area contributed by atoms with E-state index < -0.39 is 0 Å². The molecule has 0 radical (unpaired) electrons. The lowest BCUT2D eigenvalue weighted by atomic mass is 10.1. The zero-order chi connectivity index (χ0) is 16.2. The smallest absolute Gasteiger partial charge is 0.226 e. The van der Waals surface area contributed by atoms with Gasteiger partial charge in [0.15, 0.2) is 5.76 Å². The molecule has 6 heteroatoms. The zero-order valence-electron chi connectivity index (χ0n) is 13.1. The first-order valence-corrected chi connectivity index (χ1v) is 7.44. The van der Waals surface area contributed by atoms with E-state index in [2.05, 4.69) is 15.6 Å². The first kappa shape index (κ1) is 15.0. The number of hydrogen-bond donors (Lipinski definition) is 1. The summed E-state index contributed by atoms with van der Waals surface area (Å²) in [5, 5.41) is 10.9. The third-order valence-corrected chi connectivity index (χ3v) is 3.57. The predicted molar refractivity (Wildman–Crippen MR) is 86.9 cm³/mol. The minimum Gasteiger partial charge on any atom is -0.356 e. The first-order valence-electron chi connectivity index (χ1n) is 7.44. The second-order valence-corrected chi connectivity index (χ2v) is 5.49. The lowest BCUT2D eigenvalue weighted by Gasteiger charge is -2.12. The van der Waals surface area contributed by atoms with Gasteiger partial charge in [0.2, 0.25) is 5.91 Å². The fourth-order valence-corrected chi connectivity index (χ4v) is 2.33. The summed E-state index contributed by atoms with van der Waals surface area (Å²) >= 11 is 0. The molecule has 2 aromatic heterocycles. The van der Waals surface area contributed by atoms with Gasteiger partial charge in [-0.2, -0.15) is 5.10 Å². The van der Waals surface area contributed by atoms with Crippen molar-refractivity contribution in [2.24, 2.45) is 0 Å². The van der Waals surface area contributed by atoms with E-state index in [1.54, 1.807) is 12.3 Å². The van der Waals surface area contributed by atoms with Crippen molar-refractivity contribution in [2.75, 3.05) is 5.32 Å². The van der Waals surface area contributed by atoms with Crippen molar-refractivity contribution in [3.8, 4) is 11.3 Å². The highest BCUT2D eigenvalue weighted by atomic mass is 16.5. The molecule has 0 spiro atoms. The van der Waals surface area contributed by atoms with Crippen LogP contribution in [0.4, 0.5) is 5.69 Å². The SMILES string of the molecule is Cc1ccn([C@@H](C)CC(=O)Nc2ccc(-c3ccno3)cc2)n1. The lowest BCUT2D eigenvalue weighted by Crippen LogP contribution is -2.18. The molecule has 0 aliphatic rings. The molecule has 3 aromatic rings. The fourth-order valence-electron chi connectivity index (χ4n) is 2.33. The summed E-state index contributed by atoms with van der Waals surface area (Å²) in [4.78, 5) is 12.1. The van der Waals surface area contributed by atoms with Crippen LogP contribution in [-0.4, -0.2) is 20.8 Å². The Kier molecular flexibility index (Phi) is 4.23. The average molecular weight is 310 g/mol. The second-order valence-electron chi connectivity index (χ2n) is 5.49. The minimum atomic E-state index is -0.0435. The molecule has 0 aliphatic carbocycles. The van der Waals surface area contributed by atoms with Crippen molar-refractivity contribution in [1.82, 2.24) is 14.9 Å². The molecule has 2 heterocycles. The number of anilines is 1. The minimum absolute atomic E-state index is 0.0113. The maximum atomic E-state index is 12.1. The van der Waals surface area contributed by atoms with Gasteiger partial charge in [0.05, 0.1) is 17.9 Å². The van der Waals surface area contributed by atoms with Crippen LogP contribution >= 0.6 is 0 Å². The lowest BCUT2D eigenvalue weighted by molar-refractivity contribution is -0.116. The van der Waals surface area contributed by atoms with Crippen molar-refractivity contribution in [1.29, 1.82) is 0 Å². The Morgan fingerprint density at radius 2 is 2.04 bits per heavy atom. The molecular weight excluding hydrogens is 292 g/mol. The number of nitrogens with one attached hydrogen (secondary N) is 1. The van der Waals surface area contributed by atoms with Crippen LogP contribution in [0.2, 0.25) is 0 Å². The highest BCUT2D eigenvalue weighted by Gasteiger charge is 2.12. The van der Waals surface area contributed by atoms with Crippen LogP contribution in [0.1, 0.15) is 25.1 Å². The van der Waals surface area contributed by atoms with Crippen LogP contribution in [-0.2, 0) is 4.79 Å². The Morgan fingerprint density at radius 3 is 2.65 bits per heavy atom. The molecule has 118 valence electrons. The van der Waals surface area contributed by atoms with Crippen LogP contribution in [0.5, 0.6) is 0 Å². The molecule has 1 aromatic carbocycles. The van der Waals surface area contributed by atoms with Gasteiger partial charge in [0.25, 0.3) is 0 Å². The van der Waals surface area contributed by atoms with E-state index in [0.29, 0.717) is 12.2 Å². The molecule has 3 rings (SSSR count). The average Bonchev–Trinajstić information content (AvgIpc) is 3.19. The Morgan fingerprint density at radius 1 is 1.26 bits per heavy atom. The molecule has 0 unspecified atom stereocenters. The van der Waals surface area contributed by atoms with E-state index in [0.717, 1.165) is 16.9 Å². The second kappa shape index (κ2) is 6.48. The Balaban J connectivity index is 1.59. The summed E-state index contributed by atoms with van der Waals surface area (Å²) in [5.41, 5.74) is 2.61. The molecule has 0 saturated carbocycles. The van der Waals surface area contributed by atoms with Crippen LogP contribution in [0, 0.1) is 6.92 Å². The largest absolute Gasteiger partial charge is 0.356 e. The van der Waals surface area contributed by atoms with Crippen molar-refractivity contribution < 1.29 is 9.32 Å². The topological polar surface area (TPSA) is 73.0 Å². The molecular formula is C17H18N4O2. The molecule has 23 heavy (non-hydrogen) atoms. The van der Waals surface area contributed by atoms with Gasteiger partial charge in [-0.15, -0.1) is 0 Å². The van der Waals surface area contributed by atoms with Crippen molar-refractivity contribution in [3.05, 3.63) is 54.5 Å².